The first-order valence-electron chi connectivity index (χ1n) is 10.4. The van der Waals surface area contributed by atoms with E-state index >= 15 is 0 Å². The summed E-state index contributed by atoms with van der Waals surface area (Å²) in [5, 5.41) is 2.79. The average Bonchev–Trinajstić information content (AvgIpc) is 2.84. The van der Waals surface area contributed by atoms with Crippen LogP contribution in [0.5, 0.6) is 11.6 Å². The SMILES string of the molecule is O=C(NCc1cccnc1Oc1cccc(F)c1)c1cccc(CS(=O)(=O)c2ccccc2)c1. The molecule has 0 saturated heterocycles. The summed E-state index contributed by atoms with van der Waals surface area (Å²) in [4.78, 5) is 17.2. The molecule has 0 aliphatic heterocycles. The molecular formula is C26H21FN2O4S. The first-order chi connectivity index (χ1) is 16.4. The van der Waals surface area contributed by atoms with Gasteiger partial charge in [-0.05, 0) is 48.0 Å². The van der Waals surface area contributed by atoms with Gasteiger partial charge < -0.3 is 10.1 Å². The van der Waals surface area contributed by atoms with Gasteiger partial charge >= 0.3 is 0 Å². The number of carbonyl (C=O) groups excluding carboxylic acids is 1. The molecule has 0 radical (unpaired) electrons. The summed E-state index contributed by atoms with van der Waals surface area (Å²) in [6, 6.07) is 23.8. The fraction of sp³-hybridized carbons (Fsp3) is 0.0769. The van der Waals surface area contributed by atoms with Crippen LogP contribution >= 0.6 is 0 Å². The number of nitrogens with one attached hydrogen (secondary N) is 1. The second-order valence-electron chi connectivity index (χ2n) is 7.48. The Balaban J connectivity index is 1.44. The summed E-state index contributed by atoms with van der Waals surface area (Å²) in [7, 11) is -3.53. The number of halogens is 1. The van der Waals surface area contributed by atoms with E-state index < -0.39 is 15.7 Å². The molecule has 4 aromatic rings. The molecule has 0 aliphatic rings. The quantitative estimate of drug-likeness (QED) is 0.390. The molecule has 0 fully saturated rings. The molecule has 1 heterocycles. The van der Waals surface area contributed by atoms with Crippen molar-refractivity contribution < 1.29 is 22.3 Å². The number of ether oxygens (including phenoxy) is 1. The Morgan fingerprint density at radius 1 is 0.912 bits per heavy atom. The molecule has 0 aliphatic carbocycles. The van der Waals surface area contributed by atoms with E-state index in [0.29, 0.717) is 22.4 Å². The van der Waals surface area contributed by atoms with E-state index in [2.05, 4.69) is 10.3 Å². The summed E-state index contributed by atoms with van der Waals surface area (Å²) < 4.78 is 44.4. The number of rotatable bonds is 8. The molecule has 34 heavy (non-hydrogen) atoms. The van der Waals surface area contributed by atoms with Crippen molar-refractivity contribution in [1.82, 2.24) is 10.3 Å². The van der Waals surface area contributed by atoms with Crippen LogP contribution in [0.3, 0.4) is 0 Å². The van der Waals surface area contributed by atoms with Crippen molar-refractivity contribution in [2.24, 2.45) is 0 Å². The molecule has 0 unspecified atom stereocenters. The Kier molecular flexibility index (Phi) is 6.98. The standard InChI is InChI=1S/C26H21FN2O4S/c27-22-10-5-11-23(16-22)33-26-21(9-6-14-28-26)17-29-25(30)20-8-4-7-19(15-20)18-34(31,32)24-12-2-1-3-13-24/h1-16H,17-18H2,(H,29,30). The van der Waals surface area contributed by atoms with Gasteiger partial charge in [-0.3, -0.25) is 4.79 Å². The fourth-order valence-corrected chi connectivity index (χ4v) is 4.66. The van der Waals surface area contributed by atoms with Crippen LogP contribution in [0.4, 0.5) is 4.39 Å². The molecule has 6 nitrogen and oxygen atoms in total. The maximum absolute atomic E-state index is 13.4. The summed E-state index contributed by atoms with van der Waals surface area (Å²) in [5.74, 6) is -0.488. The van der Waals surface area contributed by atoms with Crippen molar-refractivity contribution in [3.8, 4) is 11.6 Å². The molecule has 0 spiro atoms. The maximum Gasteiger partial charge on any atom is 0.251 e. The van der Waals surface area contributed by atoms with Gasteiger partial charge in [0.2, 0.25) is 5.88 Å². The second-order valence-corrected chi connectivity index (χ2v) is 9.47. The molecular weight excluding hydrogens is 455 g/mol. The number of aromatic nitrogens is 1. The Morgan fingerprint density at radius 2 is 1.71 bits per heavy atom. The van der Waals surface area contributed by atoms with Crippen molar-refractivity contribution in [3.05, 3.63) is 120 Å². The van der Waals surface area contributed by atoms with Gasteiger partial charge in [0.1, 0.15) is 11.6 Å². The molecule has 0 atom stereocenters. The van der Waals surface area contributed by atoms with Crippen LogP contribution < -0.4 is 10.1 Å². The van der Waals surface area contributed by atoms with Crippen LogP contribution in [0.1, 0.15) is 21.5 Å². The summed E-state index contributed by atoms with van der Waals surface area (Å²) in [6.45, 7) is 0.115. The number of benzene rings is 3. The number of pyridine rings is 1. The summed E-state index contributed by atoms with van der Waals surface area (Å²) in [5.41, 5.74) is 1.44. The highest BCUT2D eigenvalue weighted by Gasteiger charge is 2.16. The first-order valence-corrected chi connectivity index (χ1v) is 12.1. The lowest BCUT2D eigenvalue weighted by Gasteiger charge is -2.11. The Hall–Kier alpha value is -4.04. The molecule has 8 heteroatoms. The predicted molar refractivity (Wildman–Crippen MR) is 126 cm³/mol. The predicted octanol–water partition coefficient (Wildman–Crippen LogP) is 4.92. The van der Waals surface area contributed by atoms with Crippen molar-refractivity contribution in [2.45, 2.75) is 17.2 Å². The lowest BCUT2D eigenvalue weighted by molar-refractivity contribution is 0.0950. The van der Waals surface area contributed by atoms with Crippen LogP contribution in [-0.2, 0) is 22.1 Å². The largest absolute Gasteiger partial charge is 0.439 e. The monoisotopic (exact) mass is 476 g/mol. The Bertz CT molecular complexity index is 1410. The first kappa shape index (κ1) is 23.1. The molecule has 1 amide bonds. The van der Waals surface area contributed by atoms with Gasteiger partial charge in [0.25, 0.3) is 5.91 Å². The van der Waals surface area contributed by atoms with E-state index in [0.717, 1.165) is 0 Å². The van der Waals surface area contributed by atoms with Crippen LogP contribution in [0.25, 0.3) is 0 Å². The molecule has 4 rings (SSSR count). The van der Waals surface area contributed by atoms with Gasteiger partial charge in [-0.2, -0.15) is 0 Å². The summed E-state index contributed by atoms with van der Waals surface area (Å²) >= 11 is 0. The van der Waals surface area contributed by atoms with Crippen molar-refractivity contribution in [3.63, 3.8) is 0 Å². The minimum atomic E-state index is -3.53. The molecule has 1 aromatic heterocycles. The minimum Gasteiger partial charge on any atom is -0.439 e. The summed E-state index contributed by atoms with van der Waals surface area (Å²) in [6.07, 6.45) is 1.54. The van der Waals surface area contributed by atoms with Gasteiger partial charge in [0.05, 0.1) is 10.6 Å². The van der Waals surface area contributed by atoms with Crippen LogP contribution in [-0.4, -0.2) is 19.3 Å². The van der Waals surface area contributed by atoms with E-state index in [4.69, 9.17) is 4.74 Å². The maximum atomic E-state index is 13.4. The zero-order valence-electron chi connectivity index (χ0n) is 18.0. The number of amides is 1. The van der Waals surface area contributed by atoms with Crippen molar-refractivity contribution >= 4 is 15.7 Å². The Morgan fingerprint density at radius 3 is 2.50 bits per heavy atom. The Labute approximate surface area is 197 Å². The van der Waals surface area contributed by atoms with E-state index in [1.807, 2.05) is 0 Å². The lowest BCUT2D eigenvalue weighted by Crippen LogP contribution is -2.23. The number of hydrogen-bond acceptors (Lipinski definition) is 5. The number of carbonyl (C=O) groups is 1. The van der Waals surface area contributed by atoms with Gasteiger partial charge in [0.15, 0.2) is 9.84 Å². The number of nitrogens with zero attached hydrogens (tertiary/aromatic N) is 1. The van der Waals surface area contributed by atoms with E-state index in [1.54, 1.807) is 72.8 Å². The van der Waals surface area contributed by atoms with Crippen LogP contribution in [0.15, 0.2) is 102 Å². The second kappa shape index (κ2) is 10.3. The van der Waals surface area contributed by atoms with Crippen LogP contribution in [0, 0.1) is 5.82 Å². The molecule has 172 valence electrons. The third-order valence-electron chi connectivity index (χ3n) is 4.95. The normalized spacial score (nSPS) is 11.1. The molecule has 3 aromatic carbocycles. The van der Waals surface area contributed by atoms with Gasteiger partial charge in [-0.25, -0.2) is 17.8 Å². The minimum absolute atomic E-state index is 0.115. The van der Waals surface area contributed by atoms with Crippen molar-refractivity contribution in [1.29, 1.82) is 0 Å². The molecule has 0 bridgehead atoms. The zero-order chi connectivity index (χ0) is 24.0. The van der Waals surface area contributed by atoms with Gasteiger partial charge in [0, 0.05) is 29.9 Å². The third kappa shape index (κ3) is 5.85. The topological polar surface area (TPSA) is 85.4 Å². The van der Waals surface area contributed by atoms with E-state index in [1.165, 1.54) is 24.4 Å². The van der Waals surface area contributed by atoms with E-state index in [-0.39, 0.29) is 29.0 Å². The van der Waals surface area contributed by atoms with Crippen molar-refractivity contribution in [2.75, 3.05) is 0 Å². The highest BCUT2D eigenvalue weighted by atomic mass is 32.2. The number of hydrogen-bond donors (Lipinski definition) is 1. The molecule has 1 N–H and O–H groups in total. The smallest absolute Gasteiger partial charge is 0.251 e. The highest BCUT2D eigenvalue weighted by Crippen LogP contribution is 2.23. The average molecular weight is 477 g/mol. The zero-order valence-corrected chi connectivity index (χ0v) is 18.8. The number of sulfone groups is 1. The molecule has 0 saturated carbocycles. The van der Waals surface area contributed by atoms with Crippen LogP contribution in [0.2, 0.25) is 0 Å². The van der Waals surface area contributed by atoms with Gasteiger partial charge in [-0.1, -0.05) is 42.5 Å². The fourth-order valence-electron chi connectivity index (χ4n) is 3.30. The highest BCUT2D eigenvalue weighted by molar-refractivity contribution is 7.90. The van der Waals surface area contributed by atoms with E-state index in [9.17, 15) is 17.6 Å². The third-order valence-corrected chi connectivity index (χ3v) is 6.65. The lowest BCUT2D eigenvalue weighted by atomic mass is 10.1. The van der Waals surface area contributed by atoms with Gasteiger partial charge in [-0.15, -0.1) is 0 Å².